The van der Waals surface area contributed by atoms with Crippen molar-refractivity contribution in [1.29, 1.82) is 0 Å². The third kappa shape index (κ3) is 1.42. The van der Waals surface area contributed by atoms with Crippen molar-refractivity contribution in [3.63, 3.8) is 0 Å². The molecular formula is C12H11F. The molecule has 0 nitrogen and oxygen atoms in total. The molecule has 0 aliphatic heterocycles. The van der Waals surface area contributed by atoms with Crippen LogP contribution in [-0.4, -0.2) is 0 Å². The monoisotopic (exact) mass is 174 g/mol. The Bertz CT molecular complexity index is 458. The first-order chi connectivity index (χ1) is 6.16. The molecule has 0 aliphatic carbocycles. The van der Waals surface area contributed by atoms with Gasteiger partial charge in [0.1, 0.15) is 5.82 Å². The Morgan fingerprint density at radius 3 is 2.54 bits per heavy atom. The van der Waals surface area contributed by atoms with Crippen LogP contribution in [-0.2, 0) is 0 Å². The molecule has 1 heteroatoms. The summed E-state index contributed by atoms with van der Waals surface area (Å²) in [5.74, 6) is -0.167. The SMILES string of the molecule is Cc1cc(C)c2cc(F)ccc2c1. The molecule has 2 aromatic carbocycles. The van der Waals surface area contributed by atoms with E-state index in [1.165, 1.54) is 11.6 Å². The highest BCUT2D eigenvalue weighted by atomic mass is 19.1. The van der Waals surface area contributed by atoms with E-state index in [2.05, 4.69) is 19.1 Å². The van der Waals surface area contributed by atoms with Gasteiger partial charge in [0.2, 0.25) is 0 Å². The second kappa shape index (κ2) is 2.84. The Balaban J connectivity index is 2.87. The van der Waals surface area contributed by atoms with Crippen LogP contribution in [0.25, 0.3) is 10.8 Å². The molecule has 0 aromatic heterocycles. The van der Waals surface area contributed by atoms with Crippen molar-refractivity contribution >= 4 is 10.8 Å². The van der Waals surface area contributed by atoms with E-state index in [-0.39, 0.29) is 5.82 Å². The maximum Gasteiger partial charge on any atom is 0.123 e. The van der Waals surface area contributed by atoms with Crippen LogP contribution < -0.4 is 0 Å². The first kappa shape index (κ1) is 8.24. The summed E-state index contributed by atoms with van der Waals surface area (Å²) in [5, 5.41) is 2.12. The number of aryl methyl sites for hydroxylation is 2. The first-order valence-corrected chi connectivity index (χ1v) is 4.33. The van der Waals surface area contributed by atoms with Crippen molar-refractivity contribution in [2.24, 2.45) is 0 Å². The maximum atomic E-state index is 12.9. The summed E-state index contributed by atoms with van der Waals surface area (Å²) >= 11 is 0. The number of rotatable bonds is 0. The van der Waals surface area contributed by atoms with Crippen LogP contribution in [0.2, 0.25) is 0 Å². The molecule has 0 spiro atoms. The second-order valence-corrected chi connectivity index (χ2v) is 3.45. The van der Waals surface area contributed by atoms with Crippen LogP contribution in [0.15, 0.2) is 30.3 Å². The van der Waals surface area contributed by atoms with E-state index < -0.39 is 0 Å². The lowest BCUT2D eigenvalue weighted by Crippen LogP contribution is -1.82. The van der Waals surface area contributed by atoms with Gasteiger partial charge in [-0.1, -0.05) is 23.8 Å². The van der Waals surface area contributed by atoms with Crippen molar-refractivity contribution in [2.75, 3.05) is 0 Å². The highest BCUT2D eigenvalue weighted by molar-refractivity contribution is 5.86. The highest BCUT2D eigenvalue weighted by Crippen LogP contribution is 2.21. The van der Waals surface area contributed by atoms with Gasteiger partial charge >= 0.3 is 0 Å². The number of benzene rings is 2. The van der Waals surface area contributed by atoms with Crippen molar-refractivity contribution < 1.29 is 4.39 Å². The van der Waals surface area contributed by atoms with E-state index in [1.54, 1.807) is 6.07 Å². The molecule has 0 heterocycles. The van der Waals surface area contributed by atoms with Gasteiger partial charge in [-0.15, -0.1) is 0 Å². The molecule has 0 fully saturated rings. The minimum Gasteiger partial charge on any atom is -0.207 e. The topological polar surface area (TPSA) is 0 Å². The predicted molar refractivity (Wildman–Crippen MR) is 53.4 cm³/mol. The van der Waals surface area contributed by atoms with Gasteiger partial charge in [-0.3, -0.25) is 0 Å². The van der Waals surface area contributed by atoms with Crippen LogP contribution in [0.3, 0.4) is 0 Å². The lowest BCUT2D eigenvalue weighted by Gasteiger charge is -2.03. The van der Waals surface area contributed by atoms with Crippen LogP contribution in [0.5, 0.6) is 0 Å². The lowest BCUT2D eigenvalue weighted by molar-refractivity contribution is 0.629. The fourth-order valence-electron chi connectivity index (χ4n) is 1.70. The van der Waals surface area contributed by atoms with Crippen LogP contribution in [0.1, 0.15) is 11.1 Å². The molecule has 0 atom stereocenters. The van der Waals surface area contributed by atoms with Crippen LogP contribution in [0.4, 0.5) is 4.39 Å². The van der Waals surface area contributed by atoms with E-state index in [0.29, 0.717) is 0 Å². The molecule has 0 unspecified atom stereocenters. The Kier molecular flexibility index (Phi) is 1.80. The summed E-state index contributed by atoms with van der Waals surface area (Å²) in [5.41, 5.74) is 2.35. The van der Waals surface area contributed by atoms with Gasteiger partial charge in [-0.25, -0.2) is 4.39 Å². The molecule has 0 amide bonds. The summed E-state index contributed by atoms with van der Waals surface area (Å²) in [4.78, 5) is 0. The molecule has 13 heavy (non-hydrogen) atoms. The van der Waals surface area contributed by atoms with E-state index >= 15 is 0 Å². The summed E-state index contributed by atoms with van der Waals surface area (Å²) in [6.07, 6.45) is 0. The van der Waals surface area contributed by atoms with Crippen LogP contribution >= 0.6 is 0 Å². The molecule has 66 valence electrons. The van der Waals surface area contributed by atoms with Gasteiger partial charge in [-0.05, 0) is 42.3 Å². The van der Waals surface area contributed by atoms with Crippen molar-refractivity contribution in [2.45, 2.75) is 13.8 Å². The first-order valence-electron chi connectivity index (χ1n) is 4.33. The molecule has 0 bridgehead atoms. The standard InChI is InChI=1S/C12H11F/c1-8-5-9(2)12-7-11(13)4-3-10(12)6-8/h3-7H,1-2H3. The van der Waals surface area contributed by atoms with Gasteiger partial charge in [0.15, 0.2) is 0 Å². The van der Waals surface area contributed by atoms with Gasteiger partial charge in [0, 0.05) is 0 Å². The Morgan fingerprint density at radius 1 is 1.00 bits per heavy atom. The Hall–Kier alpha value is -1.37. The van der Waals surface area contributed by atoms with Gasteiger partial charge in [-0.2, -0.15) is 0 Å². The van der Waals surface area contributed by atoms with Crippen molar-refractivity contribution in [3.05, 3.63) is 47.3 Å². The number of hydrogen-bond acceptors (Lipinski definition) is 0. The minimum absolute atomic E-state index is 0.167. The summed E-state index contributed by atoms with van der Waals surface area (Å²) in [6, 6.07) is 9.06. The predicted octanol–water partition coefficient (Wildman–Crippen LogP) is 3.60. The smallest absolute Gasteiger partial charge is 0.123 e. The molecule has 2 aromatic rings. The zero-order valence-corrected chi connectivity index (χ0v) is 7.76. The average molecular weight is 174 g/mol. The zero-order chi connectivity index (χ0) is 9.42. The normalized spacial score (nSPS) is 10.7. The van der Waals surface area contributed by atoms with E-state index in [0.717, 1.165) is 16.3 Å². The van der Waals surface area contributed by atoms with E-state index in [1.807, 2.05) is 13.0 Å². The summed E-state index contributed by atoms with van der Waals surface area (Å²) < 4.78 is 12.9. The quantitative estimate of drug-likeness (QED) is 0.572. The third-order valence-electron chi connectivity index (χ3n) is 2.27. The molecule has 0 N–H and O–H groups in total. The minimum atomic E-state index is -0.167. The maximum absolute atomic E-state index is 12.9. The summed E-state index contributed by atoms with van der Waals surface area (Å²) in [7, 11) is 0. The number of halogens is 1. The fourth-order valence-corrected chi connectivity index (χ4v) is 1.70. The number of hydrogen-bond donors (Lipinski definition) is 0. The highest BCUT2D eigenvalue weighted by Gasteiger charge is 1.99. The summed E-state index contributed by atoms with van der Waals surface area (Å²) in [6.45, 7) is 4.06. The molecular weight excluding hydrogens is 163 g/mol. The lowest BCUT2D eigenvalue weighted by atomic mass is 10.0. The average Bonchev–Trinajstić information content (AvgIpc) is 2.06. The molecule has 0 saturated heterocycles. The Morgan fingerprint density at radius 2 is 1.77 bits per heavy atom. The molecule has 0 saturated carbocycles. The van der Waals surface area contributed by atoms with Gasteiger partial charge in [0.05, 0.1) is 0 Å². The van der Waals surface area contributed by atoms with E-state index in [4.69, 9.17) is 0 Å². The number of fused-ring (bicyclic) bond motifs is 1. The molecule has 0 aliphatic rings. The van der Waals surface area contributed by atoms with Crippen LogP contribution in [0, 0.1) is 19.7 Å². The fraction of sp³-hybridized carbons (Fsp3) is 0.167. The largest absolute Gasteiger partial charge is 0.207 e. The van der Waals surface area contributed by atoms with Gasteiger partial charge < -0.3 is 0 Å². The molecule has 0 radical (unpaired) electrons. The Labute approximate surface area is 77.0 Å². The van der Waals surface area contributed by atoms with Crippen molar-refractivity contribution in [1.82, 2.24) is 0 Å². The molecule has 2 rings (SSSR count). The van der Waals surface area contributed by atoms with Gasteiger partial charge in [0.25, 0.3) is 0 Å². The zero-order valence-electron chi connectivity index (χ0n) is 7.76. The van der Waals surface area contributed by atoms with Crippen molar-refractivity contribution in [3.8, 4) is 0 Å². The van der Waals surface area contributed by atoms with E-state index in [9.17, 15) is 4.39 Å². The second-order valence-electron chi connectivity index (χ2n) is 3.45. The third-order valence-corrected chi connectivity index (χ3v) is 2.27.